The molecule has 1 heterocycles. The van der Waals surface area contributed by atoms with Gasteiger partial charge in [-0.1, -0.05) is 11.6 Å². The molecule has 0 aliphatic carbocycles. The first kappa shape index (κ1) is 15.1. The Morgan fingerprint density at radius 1 is 1.45 bits per heavy atom. The van der Waals surface area contributed by atoms with Crippen molar-refractivity contribution in [2.45, 2.75) is 25.9 Å². The quantitative estimate of drug-likeness (QED) is 0.933. The van der Waals surface area contributed by atoms with Gasteiger partial charge in [-0.25, -0.2) is 0 Å². The van der Waals surface area contributed by atoms with Crippen molar-refractivity contribution in [3.63, 3.8) is 0 Å². The normalized spacial score (nSPS) is 17.9. The van der Waals surface area contributed by atoms with Crippen LogP contribution in [0.5, 0.6) is 5.75 Å². The Bertz CT molecular complexity index is 482. The number of benzene rings is 1. The van der Waals surface area contributed by atoms with Gasteiger partial charge in [0.1, 0.15) is 5.75 Å². The molecule has 1 aromatic carbocycles. The molecule has 1 saturated heterocycles. The number of nitrogens with zero attached hydrogens (tertiary/aromatic N) is 1. The van der Waals surface area contributed by atoms with Gasteiger partial charge in [-0.2, -0.15) is 0 Å². The van der Waals surface area contributed by atoms with Gasteiger partial charge in [0, 0.05) is 18.1 Å². The Labute approximate surface area is 124 Å². The van der Waals surface area contributed by atoms with E-state index in [1.54, 1.807) is 30.2 Å². The number of piperidine rings is 1. The molecule has 0 radical (unpaired) electrons. The number of methoxy groups -OCH3 is 1. The number of carbonyl (C=O) groups excluding carboxylic acids is 1. The van der Waals surface area contributed by atoms with E-state index in [1.807, 2.05) is 6.92 Å². The SMILES string of the molecule is COc1ccc(Cl)cc1C(=O)N1CCC(C(C)O)CC1. The summed E-state index contributed by atoms with van der Waals surface area (Å²) < 4.78 is 5.23. The van der Waals surface area contributed by atoms with Crippen LogP contribution >= 0.6 is 11.6 Å². The fourth-order valence-corrected chi connectivity index (χ4v) is 2.77. The summed E-state index contributed by atoms with van der Waals surface area (Å²) >= 11 is 5.96. The second kappa shape index (κ2) is 6.46. The molecule has 110 valence electrons. The van der Waals surface area contributed by atoms with Crippen molar-refractivity contribution in [3.8, 4) is 5.75 Å². The van der Waals surface area contributed by atoms with E-state index in [4.69, 9.17) is 16.3 Å². The molecule has 1 amide bonds. The highest BCUT2D eigenvalue weighted by molar-refractivity contribution is 6.31. The van der Waals surface area contributed by atoms with E-state index in [-0.39, 0.29) is 17.9 Å². The molecular formula is C15H20ClNO3. The van der Waals surface area contributed by atoms with Crippen LogP contribution in [0.4, 0.5) is 0 Å². The summed E-state index contributed by atoms with van der Waals surface area (Å²) in [6.45, 7) is 3.12. The van der Waals surface area contributed by atoms with Gasteiger partial charge in [0.2, 0.25) is 0 Å². The van der Waals surface area contributed by atoms with E-state index in [9.17, 15) is 9.90 Å². The van der Waals surface area contributed by atoms with Gasteiger partial charge < -0.3 is 14.7 Å². The number of likely N-dealkylation sites (tertiary alicyclic amines) is 1. The van der Waals surface area contributed by atoms with Crippen molar-refractivity contribution in [3.05, 3.63) is 28.8 Å². The molecule has 0 saturated carbocycles. The molecule has 5 heteroatoms. The van der Waals surface area contributed by atoms with Crippen molar-refractivity contribution in [1.29, 1.82) is 0 Å². The van der Waals surface area contributed by atoms with Gasteiger partial charge in [-0.15, -0.1) is 0 Å². The molecular weight excluding hydrogens is 278 g/mol. The van der Waals surface area contributed by atoms with E-state index in [0.717, 1.165) is 12.8 Å². The molecule has 1 fully saturated rings. The standard InChI is InChI=1S/C15H20ClNO3/c1-10(18)11-5-7-17(8-6-11)15(19)13-9-12(16)3-4-14(13)20-2/h3-4,9-11,18H,5-8H2,1-2H3. The van der Waals surface area contributed by atoms with Crippen molar-refractivity contribution >= 4 is 17.5 Å². The zero-order chi connectivity index (χ0) is 14.7. The molecule has 1 N–H and O–H groups in total. The molecule has 1 aliphatic heterocycles. The Hall–Kier alpha value is -1.26. The maximum absolute atomic E-state index is 12.5. The Balaban J connectivity index is 2.11. The molecule has 1 unspecified atom stereocenters. The van der Waals surface area contributed by atoms with Gasteiger partial charge >= 0.3 is 0 Å². The largest absolute Gasteiger partial charge is 0.496 e. The molecule has 1 atom stereocenters. The number of aliphatic hydroxyl groups is 1. The molecule has 1 aromatic rings. The number of amides is 1. The van der Waals surface area contributed by atoms with Crippen molar-refractivity contribution in [1.82, 2.24) is 4.90 Å². The molecule has 0 bridgehead atoms. The molecule has 20 heavy (non-hydrogen) atoms. The number of carbonyl (C=O) groups is 1. The van der Waals surface area contributed by atoms with Gasteiger partial charge in [0.25, 0.3) is 5.91 Å². The number of rotatable bonds is 3. The Morgan fingerprint density at radius 2 is 2.10 bits per heavy atom. The summed E-state index contributed by atoms with van der Waals surface area (Å²) in [7, 11) is 1.54. The van der Waals surface area contributed by atoms with Crippen LogP contribution in [0.2, 0.25) is 5.02 Å². The van der Waals surface area contributed by atoms with E-state index in [0.29, 0.717) is 29.4 Å². The predicted octanol–water partition coefficient (Wildman–Crippen LogP) is 2.58. The van der Waals surface area contributed by atoms with E-state index in [2.05, 4.69) is 0 Å². The summed E-state index contributed by atoms with van der Waals surface area (Å²) in [5.41, 5.74) is 0.496. The van der Waals surface area contributed by atoms with Gasteiger partial charge in [0.15, 0.2) is 0 Å². The topological polar surface area (TPSA) is 49.8 Å². The summed E-state index contributed by atoms with van der Waals surface area (Å²) in [6, 6.07) is 5.05. The van der Waals surface area contributed by atoms with Crippen molar-refractivity contribution in [2.75, 3.05) is 20.2 Å². The zero-order valence-electron chi connectivity index (χ0n) is 11.8. The average molecular weight is 298 g/mol. The van der Waals surface area contributed by atoms with Crippen LogP contribution < -0.4 is 4.74 Å². The first-order valence-corrected chi connectivity index (χ1v) is 7.21. The average Bonchev–Trinajstić information content (AvgIpc) is 2.46. The zero-order valence-corrected chi connectivity index (χ0v) is 12.6. The smallest absolute Gasteiger partial charge is 0.257 e. The minimum atomic E-state index is -0.312. The number of ether oxygens (including phenoxy) is 1. The van der Waals surface area contributed by atoms with E-state index >= 15 is 0 Å². The highest BCUT2D eigenvalue weighted by atomic mass is 35.5. The summed E-state index contributed by atoms with van der Waals surface area (Å²) in [5, 5.41) is 10.1. The minimum absolute atomic E-state index is 0.0617. The van der Waals surface area contributed by atoms with E-state index in [1.165, 1.54) is 0 Å². The Morgan fingerprint density at radius 3 is 2.65 bits per heavy atom. The number of hydrogen-bond acceptors (Lipinski definition) is 3. The molecule has 1 aliphatic rings. The van der Waals surface area contributed by atoms with Crippen LogP contribution in [0.25, 0.3) is 0 Å². The third-order valence-electron chi connectivity index (χ3n) is 3.90. The maximum atomic E-state index is 12.5. The highest BCUT2D eigenvalue weighted by Gasteiger charge is 2.27. The molecule has 0 spiro atoms. The number of aliphatic hydroxyl groups excluding tert-OH is 1. The van der Waals surface area contributed by atoms with Crippen LogP contribution in [0.1, 0.15) is 30.1 Å². The van der Waals surface area contributed by atoms with Crippen molar-refractivity contribution < 1.29 is 14.6 Å². The molecule has 4 nitrogen and oxygen atoms in total. The monoisotopic (exact) mass is 297 g/mol. The lowest BCUT2D eigenvalue weighted by Gasteiger charge is -2.33. The van der Waals surface area contributed by atoms with Crippen LogP contribution in [0.15, 0.2) is 18.2 Å². The first-order chi connectivity index (χ1) is 9.52. The molecule has 2 rings (SSSR count). The van der Waals surface area contributed by atoms with Crippen LogP contribution in [0, 0.1) is 5.92 Å². The van der Waals surface area contributed by atoms with Gasteiger partial charge in [-0.3, -0.25) is 4.79 Å². The fourth-order valence-electron chi connectivity index (χ4n) is 2.60. The van der Waals surface area contributed by atoms with Crippen LogP contribution in [0.3, 0.4) is 0 Å². The second-order valence-corrected chi connectivity index (χ2v) is 5.65. The second-order valence-electron chi connectivity index (χ2n) is 5.21. The third-order valence-corrected chi connectivity index (χ3v) is 4.14. The number of hydrogen-bond donors (Lipinski definition) is 1. The fraction of sp³-hybridized carbons (Fsp3) is 0.533. The first-order valence-electron chi connectivity index (χ1n) is 6.83. The lowest BCUT2D eigenvalue weighted by atomic mass is 9.92. The third kappa shape index (κ3) is 3.25. The summed E-state index contributed by atoms with van der Waals surface area (Å²) in [6.07, 6.45) is 1.34. The minimum Gasteiger partial charge on any atom is -0.496 e. The number of halogens is 1. The predicted molar refractivity (Wildman–Crippen MR) is 78.3 cm³/mol. The van der Waals surface area contributed by atoms with Gasteiger partial charge in [0.05, 0.1) is 18.8 Å². The lowest BCUT2D eigenvalue weighted by molar-refractivity contribution is 0.0519. The van der Waals surface area contributed by atoms with Crippen LogP contribution in [-0.2, 0) is 0 Å². The lowest BCUT2D eigenvalue weighted by Crippen LogP contribution is -2.40. The maximum Gasteiger partial charge on any atom is 0.257 e. The van der Waals surface area contributed by atoms with E-state index < -0.39 is 0 Å². The highest BCUT2D eigenvalue weighted by Crippen LogP contribution is 2.27. The summed E-state index contributed by atoms with van der Waals surface area (Å²) in [4.78, 5) is 14.3. The molecule has 0 aromatic heterocycles. The van der Waals surface area contributed by atoms with Crippen LogP contribution in [-0.4, -0.2) is 42.2 Å². The van der Waals surface area contributed by atoms with Gasteiger partial charge in [-0.05, 0) is 43.9 Å². The summed E-state index contributed by atoms with van der Waals surface area (Å²) in [5.74, 6) is 0.755. The van der Waals surface area contributed by atoms with Crippen molar-refractivity contribution in [2.24, 2.45) is 5.92 Å². The Kier molecular flexibility index (Phi) is 4.89.